The molecule has 0 heterocycles. The van der Waals surface area contributed by atoms with Gasteiger partial charge < -0.3 is 10.5 Å². The van der Waals surface area contributed by atoms with Crippen LogP contribution in [-0.4, -0.2) is 34.7 Å². The van der Waals surface area contributed by atoms with Crippen molar-refractivity contribution in [3.05, 3.63) is 29.8 Å². The second-order valence-electron chi connectivity index (χ2n) is 3.97. The summed E-state index contributed by atoms with van der Waals surface area (Å²) in [5.74, 6) is 0. The van der Waals surface area contributed by atoms with Crippen molar-refractivity contribution < 1.29 is 13.2 Å². The van der Waals surface area contributed by atoms with E-state index in [1.54, 1.807) is 24.3 Å². The second kappa shape index (κ2) is 7.48. The molecule has 0 aliphatic heterocycles. The summed E-state index contributed by atoms with van der Waals surface area (Å²) in [6.07, 6.45) is 0.630. The van der Waals surface area contributed by atoms with E-state index in [0.717, 1.165) is 5.56 Å². The number of rotatable bonds is 8. The van der Waals surface area contributed by atoms with E-state index in [-0.39, 0.29) is 4.90 Å². The first kappa shape index (κ1) is 15.1. The van der Waals surface area contributed by atoms with E-state index in [4.69, 9.17) is 10.5 Å². The highest BCUT2D eigenvalue weighted by Crippen LogP contribution is 2.09. The third-order valence-corrected chi connectivity index (χ3v) is 3.83. The minimum Gasteiger partial charge on any atom is -0.380 e. The number of hydrogen-bond acceptors (Lipinski definition) is 4. The third-order valence-electron chi connectivity index (χ3n) is 2.35. The molecule has 1 aromatic carbocycles. The number of ether oxygens (including phenoxy) is 1. The van der Waals surface area contributed by atoms with Gasteiger partial charge in [-0.1, -0.05) is 17.7 Å². The van der Waals surface area contributed by atoms with Crippen LogP contribution in [0.15, 0.2) is 29.2 Å². The zero-order valence-corrected chi connectivity index (χ0v) is 11.4. The summed E-state index contributed by atoms with van der Waals surface area (Å²) >= 11 is 0. The summed E-state index contributed by atoms with van der Waals surface area (Å²) in [4.78, 5) is 0.288. The smallest absolute Gasteiger partial charge is 0.240 e. The standard InChI is InChI=1S/C12H20N2O3S/c1-11-3-5-12(6-4-11)18(15,16)14-8-2-9-17-10-7-13/h3-6,14H,2,7-10,13H2,1H3. The molecule has 0 radical (unpaired) electrons. The maximum Gasteiger partial charge on any atom is 0.240 e. The fourth-order valence-corrected chi connectivity index (χ4v) is 2.44. The highest BCUT2D eigenvalue weighted by atomic mass is 32.2. The van der Waals surface area contributed by atoms with Gasteiger partial charge in [0.2, 0.25) is 10.0 Å². The van der Waals surface area contributed by atoms with Crippen molar-refractivity contribution in [3.63, 3.8) is 0 Å². The fourth-order valence-electron chi connectivity index (χ4n) is 1.37. The third kappa shape index (κ3) is 5.14. The van der Waals surface area contributed by atoms with Crippen LogP contribution in [0, 0.1) is 6.92 Å². The van der Waals surface area contributed by atoms with Gasteiger partial charge in [0.15, 0.2) is 0 Å². The van der Waals surface area contributed by atoms with E-state index >= 15 is 0 Å². The van der Waals surface area contributed by atoms with Gasteiger partial charge in [-0.25, -0.2) is 13.1 Å². The average Bonchev–Trinajstić information content (AvgIpc) is 2.34. The molecule has 0 fully saturated rings. The maximum absolute atomic E-state index is 11.9. The quantitative estimate of drug-likeness (QED) is 0.680. The molecule has 6 heteroatoms. The Bertz CT molecular complexity index is 443. The molecule has 0 saturated carbocycles. The molecule has 0 atom stereocenters. The number of sulfonamides is 1. The van der Waals surface area contributed by atoms with Gasteiger partial charge in [-0.05, 0) is 25.5 Å². The Hall–Kier alpha value is -0.950. The van der Waals surface area contributed by atoms with Gasteiger partial charge in [0.25, 0.3) is 0 Å². The largest absolute Gasteiger partial charge is 0.380 e. The van der Waals surface area contributed by atoms with Crippen LogP contribution >= 0.6 is 0 Å². The van der Waals surface area contributed by atoms with Gasteiger partial charge in [0.1, 0.15) is 0 Å². The number of aryl methyl sites for hydroxylation is 1. The van der Waals surface area contributed by atoms with Crippen molar-refractivity contribution in [1.82, 2.24) is 4.72 Å². The molecular formula is C12H20N2O3S. The van der Waals surface area contributed by atoms with Crippen molar-refractivity contribution in [3.8, 4) is 0 Å². The van der Waals surface area contributed by atoms with Gasteiger partial charge in [0.05, 0.1) is 11.5 Å². The molecule has 0 saturated heterocycles. The summed E-state index contributed by atoms with van der Waals surface area (Å²) in [5.41, 5.74) is 6.30. The SMILES string of the molecule is Cc1ccc(S(=O)(=O)NCCCOCCN)cc1. The van der Waals surface area contributed by atoms with Gasteiger partial charge in [-0.15, -0.1) is 0 Å². The van der Waals surface area contributed by atoms with Crippen LogP contribution in [0.25, 0.3) is 0 Å². The van der Waals surface area contributed by atoms with E-state index in [1.165, 1.54) is 0 Å². The van der Waals surface area contributed by atoms with Crippen LogP contribution in [0.2, 0.25) is 0 Å². The molecule has 3 N–H and O–H groups in total. The van der Waals surface area contributed by atoms with Crippen LogP contribution < -0.4 is 10.5 Å². The van der Waals surface area contributed by atoms with Gasteiger partial charge in [0, 0.05) is 19.7 Å². The zero-order valence-electron chi connectivity index (χ0n) is 10.6. The lowest BCUT2D eigenvalue weighted by Crippen LogP contribution is -2.25. The lowest BCUT2D eigenvalue weighted by molar-refractivity contribution is 0.140. The molecular weight excluding hydrogens is 252 g/mol. The van der Waals surface area contributed by atoms with Crippen molar-refractivity contribution in [2.45, 2.75) is 18.2 Å². The van der Waals surface area contributed by atoms with Crippen LogP contribution in [0.1, 0.15) is 12.0 Å². The molecule has 1 rings (SSSR count). The predicted octanol–water partition coefficient (Wildman–Crippen LogP) is 0.639. The van der Waals surface area contributed by atoms with Crippen molar-refractivity contribution in [2.24, 2.45) is 5.73 Å². The Morgan fingerprint density at radius 1 is 1.22 bits per heavy atom. The van der Waals surface area contributed by atoms with Crippen LogP contribution in [0.3, 0.4) is 0 Å². The van der Waals surface area contributed by atoms with E-state index in [1.807, 2.05) is 6.92 Å². The Labute approximate surface area is 108 Å². The molecule has 5 nitrogen and oxygen atoms in total. The van der Waals surface area contributed by atoms with Crippen molar-refractivity contribution in [2.75, 3.05) is 26.3 Å². The summed E-state index contributed by atoms with van der Waals surface area (Å²) in [6.45, 7) is 3.77. The summed E-state index contributed by atoms with van der Waals surface area (Å²) < 4.78 is 31.4. The first-order chi connectivity index (χ1) is 8.56. The van der Waals surface area contributed by atoms with E-state index < -0.39 is 10.0 Å². The lowest BCUT2D eigenvalue weighted by Gasteiger charge is -2.07. The zero-order chi connectivity index (χ0) is 13.4. The predicted molar refractivity (Wildman–Crippen MR) is 70.9 cm³/mol. The highest BCUT2D eigenvalue weighted by Gasteiger charge is 2.12. The molecule has 1 aromatic rings. The number of benzene rings is 1. The van der Waals surface area contributed by atoms with Gasteiger partial charge >= 0.3 is 0 Å². The first-order valence-corrected chi connectivity index (χ1v) is 7.39. The van der Waals surface area contributed by atoms with Crippen molar-refractivity contribution >= 4 is 10.0 Å². The lowest BCUT2D eigenvalue weighted by atomic mass is 10.2. The molecule has 0 spiro atoms. The molecule has 0 aromatic heterocycles. The molecule has 18 heavy (non-hydrogen) atoms. The summed E-state index contributed by atoms with van der Waals surface area (Å²) in [7, 11) is -3.40. The maximum atomic E-state index is 11.9. The van der Waals surface area contributed by atoms with Crippen molar-refractivity contribution in [1.29, 1.82) is 0 Å². The molecule has 0 aliphatic rings. The molecule has 0 amide bonds. The summed E-state index contributed by atoms with van der Waals surface area (Å²) in [6, 6.07) is 6.75. The van der Waals surface area contributed by atoms with Crippen LogP contribution in [0.4, 0.5) is 0 Å². The first-order valence-electron chi connectivity index (χ1n) is 5.90. The number of nitrogens with one attached hydrogen (secondary N) is 1. The Kier molecular flexibility index (Phi) is 6.28. The Morgan fingerprint density at radius 2 is 1.89 bits per heavy atom. The summed E-state index contributed by atoms with van der Waals surface area (Å²) in [5, 5.41) is 0. The molecule has 0 bridgehead atoms. The van der Waals surface area contributed by atoms with E-state index in [9.17, 15) is 8.42 Å². The molecule has 0 unspecified atom stereocenters. The van der Waals surface area contributed by atoms with Crippen LogP contribution in [-0.2, 0) is 14.8 Å². The van der Waals surface area contributed by atoms with Gasteiger partial charge in [-0.2, -0.15) is 0 Å². The van der Waals surface area contributed by atoms with Crippen LogP contribution in [0.5, 0.6) is 0 Å². The fraction of sp³-hybridized carbons (Fsp3) is 0.500. The highest BCUT2D eigenvalue weighted by molar-refractivity contribution is 7.89. The minimum absolute atomic E-state index is 0.288. The Balaban J connectivity index is 2.38. The number of nitrogens with two attached hydrogens (primary N) is 1. The normalized spacial score (nSPS) is 11.7. The van der Waals surface area contributed by atoms with E-state index in [0.29, 0.717) is 32.7 Å². The average molecular weight is 272 g/mol. The molecule has 102 valence electrons. The topological polar surface area (TPSA) is 81.4 Å². The second-order valence-corrected chi connectivity index (χ2v) is 5.73. The Morgan fingerprint density at radius 3 is 2.50 bits per heavy atom. The molecule has 0 aliphatic carbocycles. The van der Waals surface area contributed by atoms with E-state index in [2.05, 4.69) is 4.72 Å². The monoisotopic (exact) mass is 272 g/mol. The number of hydrogen-bond donors (Lipinski definition) is 2. The van der Waals surface area contributed by atoms with Gasteiger partial charge in [-0.3, -0.25) is 0 Å². The minimum atomic E-state index is -3.40.